The van der Waals surface area contributed by atoms with E-state index in [4.69, 9.17) is 4.74 Å². The van der Waals surface area contributed by atoms with Crippen molar-refractivity contribution in [2.24, 2.45) is 0 Å². The normalized spacial score (nSPS) is 11.4. The third-order valence-corrected chi connectivity index (χ3v) is 8.25. The molecule has 1 aromatic heterocycles. The molecule has 0 N–H and O–H groups in total. The van der Waals surface area contributed by atoms with E-state index in [1.54, 1.807) is 37.1 Å². The van der Waals surface area contributed by atoms with Gasteiger partial charge in [0.05, 0.1) is 33.5 Å². The molecule has 0 fully saturated rings. The number of ether oxygens (including phenoxy) is 1. The first-order valence-electron chi connectivity index (χ1n) is 10.6. The summed E-state index contributed by atoms with van der Waals surface area (Å²) in [4.78, 5) is 22.2. The van der Waals surface area contributed by atoms with Gasteiger partial charge in [0.2, 0.25) is 0 Å². The lowest BCUT2D eigenvalue weighted by Gasteiger charge is -2.25. The minimum atomic E-state index is -3.56. The van der Waals surface area contributed by atoms with Gasteiger partial charge in [-0.3, -0.25) is 9.69 Å². The van der Waals surface area contributed by atoms with Crippen molar-refractivity contribution in [3.05, 3.63) is 48.0 Å². The summed E-state index contributed by atoms with van der Waals surface area (Å²) in [5, 5.41) is 0.536. The van der Waals surface area contributed by atoms with Gasteiger partial charge in [-0.05, 0) is 43.4 Å². The van der Waals surface area contributed by atoms with E-state index >= 15 is 0 Å². The molecule has 0 aliphatic carbocycles. The topological polar surface area (TPSA) is 79.8 Å². The molecule has 3 aromatic rings. The van der Waals surface area contributed by atoms with E-state index in [0.29, 0.717) is 24.0 Å². The molecule has 33 heavy (non-hydrogen) atoms. The molecule has 1 heterocycles. The van der Waals surface area contributed by atoms with Crippen LogP contribution in [0, 0.1) is 0 Å². The average Bonchev–Trinajstić information content (AvgIpc) is 3.24. The van der Waals surface area contributed by atoms with Crippen LogP contribution in [0.1, 0.15) is 31.1 Å². The predicted molar refractivity (Wildman–Crippen MR) is 137 cm³/mol. The lowest BCUT2D eigenvalue weighted by molar-refractivity contribution is 0.0980. The molecule has 10 heteroatoms. The number of thiazole rings is 1. The molecule has 0 aliphatic rings. The Hall–Kier alpha value is -2.20. The summed E-state index contributed by atoms with van der Waals surface area (Å²) in [5.74, 6) is 0.279. The second-order valence-electron chi connectivity index (χ2n) is 7.21. The number of rotatable bonds is 10. The van der Waals surface area contributed by atoms with E-state index in [1.807, 2.05) is 18.2 Å². The summed E-state index contributed by atoms with van der Waals surface area (Å²) in [6, 6.07) is 12.0. The highest BCUT2D eigenvalue weighted by Gasteiger charge is 2.27. The fraction of sp³-hybridized carbons (Fsp3) is 0.391. The number of hydrogen-bond donors (Lipinski definition) is 0. The van der Waals surface area contributed by atoms with E-state index in [0.717, 1.165) is 23.3 Å². The van der Waals surface area contributed by atoms with Crippen molar-refractivity contribution in [1.29, 1.82) is 0 Å². The number of likely N-dealkylation sites (N-methyl/N-ethyl adjacent to an activating group) is 1. The smallest absolute Gasteiger partial charge is 0.261 e. The quantitative estimate of drug-likeness (QED) is 0.398. The standard InChI is InChI=1S/C23H29N3O4S2.ClH/c1-5-25(6-2)14-15-26(23-24-19-13-12-17(30-4)16-20(19)31-23)22(27)18-10-8-9-11-21(18)32(28,29)7-3;/h8-13,16H,5-7,14-15H2,1-4H3;1H. The van der Waals surface area contributed by atoms with Crippen molar-refractivity contribution < 1.29 is 17.9 Å². The third-order valence-electron chi connectivity index (χ3n) is 5.43. The van der Waals surface area contributed by atoms with Gasteiger partial charge in [-0.25, -0.2) is 13.4 Å². The molecule has 180 valence electrons. The van der Waals surface area contributed by atoms with Crippen molar-refractivity contribution in [1.82, 2.24) is 9.88 Å². The average molecular weight is 512 g/mol. The summed E-state index contributed by atoms with van der Waals surface area (Å²) in [6.45, 7) is 8.49. The second kappa shape index (κ2) is 11.8. The molecule has 0 atom stereocenters. The van der Waals surface area contributed by atoms with Crippen LogP contribution in [-0.2, 0) is 9.84 Å². The number of anilines is 1. The van der Waals surface area contributed by atoms with Gasteiger partial charge in [0, 0.05) is 13.1 Å². The minimum absolute atomic E-state index is 0. The fourth-order valence-corrected chi connectivity index (χ4v) is 5.52. The molecule has 0 radical (unpaired) electrons. The molecule has 3 rings (SSSR count). The van der Waals surface area contributed by atoms with Gasteiger partial charge in [-0.2, -0.15) is 0 Å². The fourth-order valence-electron chi connectivity index (χ4n) is 3.42. The Bertz CT molecular complexity index is 1190. The molecule has 0 spiro atoms. The maximum Gasteiger partial charge on any atom is 0.261 e. The van der Waals surface area contributed by atoms with Gasteiger partial charge < -0.3 is 9.64 Å². The van der Waals surface area contributed by atoms with Gasteiger partial charge >= 0.3 is 0 Å². The van der Waals surface area contributed by atoms with Crippen LogP contribution in [-0.4, -0.2) is 63.3 Å². The van der Waals surface area contributed by atoms with E-state index in [-0.39, 0.29) is 34.5 Å². The summed E-state index contributed by atoms with van der Waals surface area (Å²) in [6.07, 6.45) is 0. The van der Waals surface area contributed by atoms with Gasteiger partial charge in [-0.1, -0.05) is 44.2 Å². The number of halogens is 1. The maximum atomic E-state index is 13.7. The molecule has 7 nitrogen and oxygen atoms in total. The van der Waals surface area contributed by atoms with Crippen LogP contribution in [0.25, 0.3) is 10.2 Å². The van der Waals surface area contributed by atoms with Crippen molar-refractivity contribution >= 4 is 54.8 Å². The van der Waals surface area contributed by atoms with E-state index in [1.165, 1.54) is 17.4 Å². The molecule has 0 bridgehead atoms. The number of aromatic nitrogens is 1. The molecule has 1 amide bonds. The highest BCUT2D eigenvalue weighted by Crippen LogP contribution is 2.33. The maximum absolute atomic E-state index is 13.7. The molecular formula is C23H30ClN3O4S2. The molecule has 2 aromatic carbocycles. The van der Waals surface area contributed by atoms with Crippen molar-refractivity contribution in [3.63, 3.8) is 0 Å². The zero-order valence-electron chi connectivity index (χ0n) is 19.3. The first-order valence-corrected chi connectivity index (χ1v) is 13.1. The van der Waals surface area contributed by atoms with Gasteiger partial charge in [0.25, 0.3) is 5.91 Å². The Kier molecular flexibility index (Phi) is 9.66. The van der Waals surface area contributed by atoms with Crippen LogP contribution >= 0.6 is 23.7 Å². The minimum Gasteiger partial charge on any atom is -0.497 e. The number of hydrogen-bond acceptors (Lipinski definition) is 7. The molecule has 0 saturated carbocycles. The van der Waals surface area contributed by atoms with Crippen LogP contribution in [0.5, 0.6) is 5.75 Å². The molecule has 0 unspecified atom stereocenters. The van der Waals surface area contributed by atoms with Gasteiger partial charge in [0.1, 0.15) is 5.75 Å². The Labute approximate surface area is 205 Å². The zero-order chi connectivity index (χ0) is 23.3. The molecule has 0 saturated heterocycles. The Morgan fingerprint density at radius 3 is 2.39 bits per heavy atom. The molecule has 0 aliphatic heterocycles. The monoisotopic (exact) mass is 511 g/mol. The lowest BCUT2D eigenvalue weighted by Crippen LogP contribution is -2.39. The predicted octanol–water partition coefficient (Wildman–Crippen LogP) is 4.51. The first kappa shape index (κ1) is 27.0. The summed E-state index contributed by atoms with van der Waals surface area (Å²) >= 11 is 1.39. The highest BCUT2D eigenvalue weighted by molar-refractivity contribution is 7.91. The zero-order valence-corrected chi connectivity index (χ0v) is 21.7. The number of carbonyl (C=O) groups excluding carboxylic acids is 1. The van der Waals surface area contributed by atoms with Crippen molar-refractivity contribution in [2.45, 2.75) is 25.7 Å². The molecular weight excluding hydrogens is 482 g/mol. The van der Waals surface area contributed by atoms with E-state index in [2.05, 4.69) is 23.7 Å². The van der Waals surface area contributed by atoms with E-state index < -0.39 is 9.84 Å². The Morgan fingerprint density at radius 2 is 1.76 bits per heavy atom. The largest absolute Gasteiger partial charge is 0.497 e. The van der Waals surface area contributed by atoms with Crippen LogP contribution in [0.2, 0.25) is 0 Å². The number of benzene rings is 2. The number of fused-ring (bicyclic) bond motifs is 1. The van der Waals surface area contributed by atoms with Crippen molar-refractivity contribution in [2.75, 3.05) is 43.9 Å². The number of carbonyl (C=O) groups is 1. The highest BCUT2D eigenvalue weighted by atomic mass is 35.5. The summed E-state index contributed by atoms with van der Waals surface area (Å²) in [7, 11) is -1.95. The van der Waals surface area contributed by atoms with E-state index in [9.17, 15) is 13.2 Å². The van der Waals surface area contributed by atoms with Crippen LogP contribution in [0.3, 0.4) is 0 Å². The van der Waals surface area contributed by atoms with Crippen LogP contribution < -0.4 is 9.64 Å². The second-order valence-corrected chi connectivity index (χ2v) is 10.5. The van der Waals surface area contributed by atoms with Crippen LogP contribution in [0.4, 0.5) is 5.13 Å². The Morgan fingerprint density at radius 1 is 1.06 bits per heavy atom. The SMILES string of the molecule is CCN(CC)CCN(C(=O)c1ccccc1S(=O)(=O)CC)c1nc2ccc(OC)cc2s1.Cl. The lowest BCUT2D eigenvalue weighted by atomic mass is 10.2. The number of methoxy groups -OCH3 is 1. The summed E-state index contributed by atoms with van der Waals surface area (Å²) in [5.41, 5.74) is 0.937. The number of nitrogens with zero attached hydrogens (tertiary/aromatic N) is 3. The van der Waals surface area contributed by atoms with Gasteiger partial charge in [-0.15, -0.1) is 12.4 Å². The third kappa shape index (κ3) is 6.03. The Balaban J connectivity index is 0.00000385. The van der Waals surface area contributed by atoms with Crippen LogP contribution in [0.15, 0.2) is 47.4 Å². The number of sulfone groups is 1. The van der Waals surface area contributed by atoms with Crippen molar-refractivity contribution in [3.8, 4) is 5.75 Å². The summed E-state index contributed by atoms with van der Waals surface area (Å²) < 4.78 is 31.5. The number of amides is 1. The first-order chi connectivity index (χ1) is 15.3. The van der Waals surface area contributed by atoms with Gasteiger partial charge in [0.15, 0.2) is 15.0 Å².